The Morgan fingerprint density at radius 3 is 2.13 bits per heavy atom. The molecule has 23 heavy (non-hydrogen) atoms. The average molecular weight is 304 g/mol. The summed E-state index contributed by atoms with van der Waals surface area (Å²) in [4.78, 5) is 8.27. The molecule has 1 N–H and O–H groups in total. The topological polar surface area (TPSA) is 28.1 Å². The van der Waals surface area contributed by atoms with Crippen LogP contribution >= 0.6 is 0 Å². The zero-order valence-corrected chi connectivity index (χ0v) is 14.3. The van der Waals surface area contributed by atoms with Gasteiger partial charge >= 0.3 is 0 Å². The molecule has 3 rings (SSSR count). The van der Waals surface area contributed by atoms with E-state index in [9.17, 15) is 0 Å². The lowest BCUT2D eigenvalue weighted by atomic mass is 9.93. The summed E-state index contributed by atoms with van der Waals surface area (Å²) in [6.45, 7) is 8.89. The molecular weight excluding hydrogens is 280 g/mol. The third-order valence-electron chi connectivity index (χ3n) is 4.23. The van der Waals surface area contributed by atoms with Crippen LogP contribution in [0, 0.1) is 0 Å². The van der Waals surface area contributed by atoms with E-state index < -0.39 is 0 Å². The van der Waals surface area contributed by atoms with E-state index in [0.29, 0.717) is 11.8 Å². The molecule has 1 heterocycles. The van der Waals surface area contributed by atoms with Crippen LogP contribution in [0.3, 0.4) is 0 Å². The Balaban J connectivity index is 2.04. The van der Waals surface area contributed by atoms with Gasteiger partial charge in [0.05, 0.1) is 17.6 Å². The fourth-order valence-electron chi connectivity index (χ4n) is 2.96. The van der Waals surface area contributed by atoms with Crippen LogP contribution in [-0.2, 0) is 0 Å². The molecule has 0 saturated heterocycles. The first-order valence-corrected chi connectivity index (χ1v) is 8.31. The van der Waals surface area contributed by atoms with E-state index in [2.05, 4.69) is 75.1 Å². The third kappa shape index (κ3) is 3.21. The van der Waals surface area contributed by atoms with Gasteiger partial charge in [0.1, 0.15) is 0 Å². The molecule has 0 unspecified atom stereocenters. The molecule has 0 aliphatic carbocycles. The van der Waals surface area contributed by atoms with Gasteiger partial charge in [0.2, 0.25) is 0 Å². The van der Waals surface area contributed by atoms with E-state index in [1.165, 1.54) is 16.5 Å². The van der Waals surface area contributed by atoms with E-state index in [-0.39, 0.29) is 0 Å². The lowest BCUT2D eigenvalue weighted by molar-refractivity contribution is 0.835. The number of nitrogens with one attached hydrogen (secondary N) is 1. The summed E-state index contributed by atoms with van der Waals surface area (Å²) in [5.74, 6) is 0.923. The van der Waals surface area contributed by atoms with Crippen molar-refractivity contribution in [2.45, 2.75) is 39.5 Å². The number of nitrogens with zero attached hydrogens (tertiary/aromatic N) is 1. The highest BCUT2D eigenvalue weighted by atomic mass is 14.8. The van der Waals surface area contributed by atoms with E-state index in [1.807, 2.05) is 12.3 Å². The summed E-state index contributed by atoms with van der Waals surface area (Å²) in [6.07, 6.45) is 1.95. The fourth-order valence-corrected chi connectivity index (χ4v) is 2.96. The Kier molecular flexibility index (Phi) is 4.33. The Morgan fingerprint density at radius 2 is 1.52 bits per heavy atom. The van der Waals surface area contributed by atoms with Crippen molar-refractivity contribution in [2.75, 3.05) is 0 Å². The standard InChI is InChI=1S/C21H24N2/c1-14(2)18-9-7-10-19(15(3)4)21(18)22-13-17-12-16-8-5-6-11-20(16)23-17/h5-15,23H,1-4H3. The molecule has 118 valence electrons. The summed E-state index contributed by atoms with van der Waals surface area (Å²) in [6, 6.07) is 17.0. The Morgan fingerprint density at radius 1 is 0.870 bits per heavy atom. The van der Waals surface area contributed by atoms with Crippen molar-refractivity contribution in [1.29, 1.82) is 0 Å². The minimum atomic E-state index is 0.462. The lowest BCUT2D eigenvalue weighted by Gasteiger charge is -2.16. The van der Waals surface area contributed by atoms with Gasteiger partial charge in [-0.15, -0.1) is 0 Å². The maximum atomic E-state index is 4.86. The minimum Gasteiger partial charge on any atom is -0.354 e. The molecule has 0 spiro atoms. The monoisotopic (exact) mass is 304 g/mol. The number of rotatable bonds is 4. The van der Waals surface area contributed by atoms with Crippen LogP contribution in [0.4, 0.5) is 5.69 Å². The van der Waals surface area contributed by atoms with Crippen molar-refractivity contribution < 1.29 is 0 Å². The number of para-hydroxylation sites is 2. The first-order valence-electron chi connectivity index (χ1n) is 8.31. The molecule has 2 aromatic carbocycles. The number of hydrogen-bond donors (Lipinski definition) is 1. The van der Waals surface area contributed by atoms with Crippen LogP contribution in [0.5, 0.6) is 0 Å². The van der Waals surface area contributed by atoms with Crippen molar-refractivity contribution in [1.82, 2.24) is 4.98 Å². The molecule has 2 heteroatoms. The molecule has 0 atom stereocenters. The first kappa shape index (κ1) is 15.5. The normalized spacial score (nSPS) is 12.1. The second-order valence-corrected chi connectivity index (χ2v) is 6.66. The van der Waals surface area contributed by atoms with Gasteiger partial charge in [0, 0.05) is 10.9 Å². The van der Waals surface area contributed by atoms with Crippen LogP contribution in [0.1, 0.15) is 56.4 Å². The first-order chi connectivity index (χ1) is 11.1. The molecule has 0 radical (unpaired) electrons. The summed E-state index contributed by atoms with van der Waals surface area (Å²) in [7, 11) is 0. The Hall–Kier alpha value is -2.35. The van der Waals surface area contributed by atoms with Gasteiger partial charge in [-0.05, 0) is 35.1 Å². The molecule has 3 aromatic rings. The lowest BCUT2D eigenvalue weighted by Crippen LogP contribution is -1.95. The average Bonchev–Trinajstić information content (AvgIpc) is 2.95. The van der Waals surface area contributed by atoms with Gasteiger partial charge in [-0.1, -0.05) is 64.1 Å². The summed E-state index contributed by atoms with van der Waals surface area (Å²) in [5.41, 5.74) is 5.93. The van der Waals surface area contributed by atoms with Gasteiger partial charge < -0.3 is 4.98 Å². The van der Waals surface area contributed by atoms with Crippen LogP contribution < -0.4 is 0 Å². The van der Waals surface area contributed by atoms with Crippen LogP contribution in [0.15, 0.2) is 53.5 Å². The minimum absolute atomic E-state index is 0.462. The van der Waals surface area contributed by atoms with Crippen molar-refractivity contribution >= 4 is 22.8 Å². The fraction of sp³-hybridized carbons (Fsp3) is 0.286. The number of H-pyrrole nitrogens is 1. The Labute approximate surface area is 138 Å². The highest BCUT2D eigenvalue weighted by molar-refractivity contribution is 5.90. The number of aromatic amines is 1. The zero-order chi connectivity index (χ0) is 16.4. The molecule has 0 aliphatic heterocycles. The molecule has 0 amide bonds. The van der Waals surface area contributed by atoms with Gasteiger partial charge in [0.15, 0.2) is 0 Å². The summed E-state index contributed by atoms with van der Waals surface area (Å²) < 4.78 is 0. The van der Waals surface area contributed by atoms with Crippen LogP contribution in [-0.4, -0.2) is 11.2 Å². The SMILES string of the molecule is CC(C)c1cccc(C(C)C)c1N=Cc1cc2ccccc2[nH]1. The number of fused-ring (bicyclic) bond motifs is 1. The third-order valence-corrected chi connectivity index (χ3v) is 4.23. The highest BCUT2D eigenvalue weighted by Crippen LogP contribution is 2.34. The number of aliphatic imine (C=N–C) groups is 1. The molecule has 0 saturated carbocycles. The smallest absolute Gasteiger partial charge is 0.0699 e. The Bertz CT molecular complexity index is 779. The maximum absolute atomic E-state index is 4.86. The molecular formula is C21H24N2. The second kappa shape index (κ2) is 6.41. The van der Waals surface area contributed by atoms with Crippen molar-refractivity contribution in [3.8, 4) is 0 Å². The predicted octanol–water partition coefficient (Wildman–Crippen LogP) is 6.17. The van der Waals surface area contributed by atoms with E-state index in [0.717, 1.165) is 16.9 Å². The van der Waals surface area contributed by atoms with Gasteiger partial charge in [-0.25, -0.2) is 0 Å². The van der Waals surface area contributed by atoms with Crippen molar-refractivity contribution in [3.63, 3.8) is 0 Å². The number of hydrogen-bond acceptors (Lipinski definition) is 1. The van der Waals surface area contributed by atoms with Crippen molar-refractivity contribution in [3.05, 3.63) is 65.4 Å². The van der Waals surface area contributed by atoms with Gasteiger partial charge in [-0.2, -0.15) is 0 Å². The van der Waals surface area contributed by atoms with E-state index >= 15 is 0 Å². The largest absolute Gasteiger partial charge is 0.354 e. The van der Waals surface area contributed by atoms with E-state index in [1.54, 1.807) is 0 Å². The molecule has 0 aliphatic rings. The predicted molar refractivity (Wildman–Crippen MR) is 100 cm³/mol. The second-order valence-electron chi connectivity index (χ2n) is 6.66. The molecule has 1 aromatic heterocycles. The van der Waals surface area contributed by atoms with Gasteiger partial charge in [-0.3, -0.25) is 4.99 Å². The van der Waals surface area contributed by atoms with Gasteiger partial charge in [0.25, 0.3) is 0 Å². The van der Waals surface area contributed by atoms with E-state index in [4.69, 9.17) is 4.99 Å². The maximum Gasteiger partial charge on any atom is 0.0699 e. The van der Waals surface area contributed by atoms with Crippen molar-refractivity contribution in [2.24, 2.45) is 4.99 Å². The molecule has 0 fully saturated rings. The zero-order valence-electron chi connectivity index (χ0n) is 14.3. The van der Waals surface area contributed by atoms with Crippen LogP contribution in [0.25, 0.3) is 10.9 Å². The quantitative estimate of drug-likeness (QED) is 0.559. The molecule has 0 bridgehead atoms. The molecule has 2 nitrogen and oxygen atoms in total. The number of aromatic nitrogens is 1. The summed E-state index contributed by atoms with van der Waals surface area (Å²) in [5, 5.41) is 1.22. The number of benzene rings is 2. The summed E-state index contributed by atoms with van der Waals surface area (Å²) >= 11 is 0. The highest BCUT2D eigenvalue weighted by Gasteiger charge is 2.12. The van der Waals surface area contributed by atoms with Crippen LogP contribution in [0.2, 0.25) is 0 Å².